The van der Waals surface area contributed by atoms with Gasteiger partial charge >= 0.3 is 0 Å². The number of carbonyl (C=O) groups is 1. The molecular formula is C15H26ClN3OS2. The minimum absolute atomic E-state index is 0. The number of hydrogen-bond acceptors (Lipinski definition) is 5. The van der Waals surface area contributed by atoms with E-state index in [9.17, 15) is 4.79 Å². The van der Waals surface area contributed by atoms with Crippen LogP contribution in [0.15, 0.2) is 0 Å². The van der Waals surface area contributed by atoms with E-state index < -0.39 is 0 Å². The Morgan fingerprint density at radius 2 is 2.23 bits per heavy atom. The van der Waals surface area contributed by atoms with Crippen molar-refractivity contribution in [2.75, 3.05) is 18.6 Å². The van der Waals surface area contributed by atoms with Crippen molar-refractivity contribution in [3.05, 3.63) is 15.6 Å². The summed E-state index contributed by atoms with van der Waals surface area (Å²) in [6.07, 6.45) is 9.59. The number of rotatable bonds is 8. The van der Waals surface area contributed by atoms with Crippen LogP contribution in [-0.2, 0) is 24.1 Å². The number of nitrogens with one attached hydrogen (secondary N) is 1. The molecule has 7 heteroatoms. The summed E-state index contributed by atoms with van der Waals surface area (Å²) in [5, 5.41) is 4.15. The molecule has 1 atom stereocenters. The molecule has 0 bridgehead atoms. The normalized spacial score (nSPS) is 14.8. The van der Waals surface area contributed by atoms with Crippen LogP contribution in [-0.4, -0.2) is 35.5 Å². The summed E-state index contributed by atoms with van der Waals surface area (Å²) < 4.78 is 0. The van der Waals surface area contributed by atoms with Gasteiger partial charge in [0.05, 0.1) is 16.7 Å². The van der Waals surface area contributed by atoms with Crippen molar-refractivity contribution in [2.24, 2.45) is 5.73 Å². The van der Waals surface area contributed by atoms with Gasteiger partial charge in [0.25, 0.3) is 0 Å². The van der Waals surface area contributed by atoms with Crippen molar-refractivity contribution in [3.8, 4) is 0 Å². The van der Waals surface area contributed by atoms with E-state index in [2.05, 4.69) is 5.32 Å². The molecule has 1 amide bonds. The van der Waals surface area contributed by atoms with Gasteiger partial charge in [-0.3, -0.25) is 4.79 Å². The quantitative estimate of drug-likeness (QED) is 0.696. The highest BCUT2D eigenvalue weighted by molar-refractivity contribution is 7.98. The number of nitrogens with two attached hydrogens (primary N) is 1. The van der Waals surface area contributed by atoms with Gasteiger partial charge in [-0.25, -0.2) is 4.98 Å². The lowest BCUT2D eigenvalue weighted by Gasteiger charge is -2.11. The van der Waals surface area contributed by atoms with Gasteiger partial charge in [-0.05, 0) is 50.5 Å². The third-order valence-corrected chi connectivity index (χ3v) is 5.59. The Hall–Kier alpha value is -0.300. The van der Waals surface area contributed by atoms with Gasteiger partial charge in [0.1, 0.15) is 0 Å². The third-order valence-electron chi connectivity index (χ3n) is 3.73. The van der Waals surface area contributed by atoms with Crippen LogP contribution in [0.1, 0.15) is 41.3 Å². The van der Waals surface area contributed by atoms with Crippen LogP contribution >= 0.6 is 35.5 Å². The van der Waals surface area contributed by atoms with E-state index in [1.165, 1.54) is 34.8 Å². The monoisotopic (exact) mass is 363 g/mol. The van der Waals surface area contributed by atoms with E-state index in [1.54, 1.807) is 11.8 Å². The smallest absolute Gasteiger partial charge is 0.236 e. The number of thiazole rings is 1. The molecule has 2 rings (SSSR count). The van der Waals surface area contributed by atoms with Gasteiger partial charge in [-0.2, -0.15) is 11.8 Å². The highest BCUT2D eigenvalue weighted by atomic mass is 35.5. The molecule has 1 aliphatic rings. The molecule has 0 saturated heterocycles. The first-order valence-corrected chi connectivity index (χ1v) is 9.91. The van der Waals surface area contributed by atoms with Crippen LogP contribution in [0.5, 0.6) is 0 Å². The zero-order chi connectivity index (χ0) is 15.1. The van der Waals surface area contributed by atoms with E-state index in [0.29, 0.717) is 6.54 Å². The maximum absolute atomic E-state index is 11.8. The molecule has 0 unspecified atom stereocenters. The molecule has 1 aromatic heterocycles. The zero-order valence-electron chi connectivity index (χ0n) is 13.1. The fourth-order valence-electron chi connectivity index (χ4n) is 2.47. The van der Waals surface area contributed by atoms with E-state index in [0.717, 1.165) is 31.4 Å². The lowest BCUT2D eigenvalue weighted by molar-refractivity contribution is -0.122. The third kappa shape index (κ3) is 6.07. The number of carbonyl (C=O) groups excluding carboxylic acids is 1. The lowest BCUT2D eigenvalue weighted by Crippen LogP contribution is -2.41. The van der Waals surface area contributed by atoms with Crippen molar-refractivity contribution in [1.82, 2.24) is 10.3 Å². The maximum Gasteiger partial charge on any atom is 0.236 e. The van der Waals surface area contributed by atoms with Gasteiger partial charge in [0, 0.05) is 17.8 Å². The molecule has 1 aliphatic carbocycles. The van der Waals surface area contributed by atoms with Gasteiger partial charge in [-0.1, -0.05) is 0 Å². The Morgan fingerprint density at radius 1 is 1.45 bits per heavy atom. The Labute approximate surface area is 147 Å². The highest BCUT2D eigenvalue weighted by Gasteiger charge is 2.15. The largest absolute Gasteiger partial charge is 0.355 e. The molecule has 0 aliphatic heterocycles. The summed E-state index contributed by atoms with van der Waals surface area (Å²) in [4.78, 5) is 18.0. The van der Waals surface area contributed by atoms with Crippen LogP contribution in [0, 0.1) is 0 Å². The molecule has 22 heavy (non-hydrogen) atoms. The SMILES string of the molecule is CSCC[C@H](N)C(=O)NCCCc1nc2c(s1)CCCC2.Cl. The van der Waals surface area contributed by atoms with Gasteiger partial charge in [0.15, 0.2) is 0 Å². The Bertz CT molecular complexity index is 444. The molecule has 1 heterocycles. The van der Waals surface area contributed by atoms with Crippen molar-refractivity contribution in [1.29, 1.82) is 0 Å². The maximum atomic E-state index is 11.8. The summed E-state index contributed by atoms with van der Waals surface area (Å²) in [6.45, 7) is 0.691. The molecule has 0 aromatic carbocycles. The summed E-state index contributed by atoms with van der Waals surface area (Å²) >= 11 is 3.58. The van der Waals surface area contributed by atoms with Crippen LogP contribution in [0.4, 0.5) is 0 Å². The predicted octanol–water partition coefficient (Wildman–Crippen LogP) is 2.57. The van der Waals surface area contributed by atoms with E-state index in [1.807, 2.05) is 17.6 Å². The number of halogens is 1. The fourth-order valence-corrected chi connectivity index (χ4v) is 4.16. The van der Waals surface area contributed by atoms with Gasteiger partial charge in [-0.15, -0.1) is 23.7 Å². The predicted molar refractivity (Wildman–Crippen MR) is 98.3 cm³/mol. The second-order valence-electron chi connectivity index (χ2n) is 5.47. The summed E-state index contributed by atoms with van der Waals surface area (Å²) in [5.74, 6) is 0.904. The molecule has 1 aromatic rings. The standard InChI is InChI=1S/C15H25N3OS2.ClH/c1-20-10-8-11(16)15(19)17-9-4-7-14-18-12-5-2-3-6-13(12)21-14;/h11H,2-10,16H2,1H3,(H,17,19);1H/t11-;/m0./s1. The number of fused-ring (bicyclic) bond motifs is 1. The average molecular weight is 364 g/mol. The van der Waals surface area contributed by atoms with Crippen LogP contribution in [0.25, 0.3) is 0 Å². The van der Waals surface area contributed by atoms with Crippen LogP contribution < -0.4 is 11.1 Å². The molecule has 0 spiro atoms. The van der Waals surface area contributed by atoms with E-state index in [4.69, 9.17) is 10.7 Å². The molecular weight excluding hydrogens is 338 g/mol. The first-order valence-electron chi connectivity index (χ1n) is 7.70. The summed E-state index contributed by atoms with van der Waals surface area (Å²) in [7, 11) is 0. The molecule has 0 radical (unpaired) electrons. The number of aryl methyl sites for hydroxylation is 3. The second-order valence-corrected chi connectivity index (χ2v) is 7.62. The summed E-state index contributed by atoms with van der Waals surface area (Å²) in [5.41, 5.74) is 7.15. The van der Waals surface area contributed by atoms with Crippen molar-refractivity contribution >= 4 is 41.4 Å². The minimum atomic E-state index is -0.371. The number of amides is 1. The number of thioether (sulfide) groups is 1. The number of hydrogen-bond donors (Lipinski definition) is 2. The first-order chi connectivity index (χ1) is 10.2. The number of aromatic nitrogens is 1. The Kier molecular flexibility index (Phi) is 9.40. The Balaban J connectivity index is 0.00000242. The molecule has 3 N–H and O–H groups in total. The Morgan fingerprint density at radius 3 is 2.95 bits per heavy atom. The van der Waals surface area contributed by atoms with E-state index in [-0.39, 0.29) is 24.4 Å². The minimum Gasteiger partial charge on any atom is -0.355 e. The zero-order valence-corrected chi connectivity index (χ0v) is 15.5. The molecule has 4 nitrogen and oxygen atoms in total. The number of nitrogens with zero attached hydrogens (tertiary/aromatic N) is 1. The topological polar surface area (TPSA) is 68.0 Å². The first kappa shape index (κ1) is 19.7. The molecule has 0 saturated carbocycles. The van der Waals surface area contributed by atoms with Crippen molar-refractivity contribution < 1.29 is 4.79 Å². The van der Waals surface area contributed by atoms with Gasteiger partial charge in [0.2, 0.25) is 5.91 Å². The second kappa shape index (κ2) is 10.5. The summed E-state index contributed by atoms with van der Waals surface area (Å²) in [6, 6.07) is -0.371. The fraction of sp³-hybridized carbons (Fsp3) is 0.733. The molecule has 126 valence electrons. The van der Waals surface area contributed by atoms with Crippen LogP contribution in [0.3, 0.4) is 0 Å². The van der Waals surface area contributed by atoms with E-state index >= 15 is 0 Å². The van der Waals surface area contributed by atoms with Crippen LogP contribution in [0.2, 0.25) is 0 Å². The lowest BCUT2D eigenvalue weighted by atomic mass is 10.0. The van der Waals surface area contributed by atoms with Crippen molar-refractivity contribution in [3.63, 3.8) is 0 Å². The van der Waals surface area contributed by atoms with Crippen molar-refractivity contribution in [2.45, 2.75) is 51.0 Å². The average Bonchev–Trinajstić information content (AvgIpc) is 2.91. The van der Waals surface area contributed by atoms with Gasteiger partial charge < -0.3 is 11.1 Å². The highest BCUT2D eigenvalue weighted by Crippen LogP contribution is 2.27. The molecule has 0 fully saturated rings.